The van der Waals surface area contributed by atoms with Crippen LogP contribution in [-0.2, 0) is 4.74 Å². The average molecular weight is 538 g/mol. The van der Waals surface area contributed by atoms with E-state index in [1.54, 1.807) is 5.46 Å². The molecule has 5 heteroatoms. The van der Waals surface area contributed by atoms with E-state index >= 15 is 0 Å². The fourth-order valence-corrected chi connectivity index (χ4v) is 13.2. The van der Waals surface area contributed by atoms with Crippen molar-refractivity contribution in [3.05, 3.63) is 30.3 Å². The van der Waals surface area contributed by atoms with Gasteiger partial charge in [-0.2, -0.15) is 0 Å². The first-order valence-electron chi connectivity index (χ1n) is 17.7. The van der Waals surface area contributed by atoms with Crippen LogP contribution in [0.1, 0.15) is 96.3 Å². The SMILES string of the molecule is c1ccc(B2C3CCC4CCCC5C4C3N(C3=NC4CCCCC4N35)C3CCC4C5CCCCC5OC4C23)cc1. The standard InChI is InChI=1S/C35H48BN3O/c1-2-10-22(11-3-1)36-25-19-17-21-9-8-15-28-31(21)33(25)39(35-37-26-13-5-6-14-27(26)38(28)35)29-20-18-24-23-12-4-7-16-30(23)40-34(24)32(29)36/h1-3,10-11,21,23-34H,4-9,12-20H2. The van der Waals surface area contributed by atoms with Crippen LogP contribution < -0.4 is 5.46 Å². The van der Waals surface area contributed by atoms with E-state index in [0.29, 0.717) is 48.9 Å². The van der Waals surface area contributed by atoms with Gasteiger partial charge in [-0.1, -0.05) is 80.7 Å². The lowest BCUT2D eigenvalue weighted by molar-refractivity contribution is -0.0738. The summed E-state index contributed by atoms with van der Waals surface area (Å²) >= 11 is 0. The van der Waals surface area contributed by atoms with Crippen LogP contribution in [0.2, 0.25) is 11.6 Å². The van der Waals surface area contributed by atoms with E-state index in [0.717, 1.165) is 35.5 Å². The molecule has 13 atom stereocenters. The van der Waals surface area contributed by atoms with Crippen LogP contribution in [0.15, 0.2) is 35.3 Å². The average Bonchev–Trinajstić information content (AvgIpc) is 3.59. The van der Waals surface area contributed by atoms with E-state index in [1.165, 1.54) is 102 Å². The molecule has 0 N–H and O–H groups in total. The first kappa shape index (κ1) is 24.0. The van der Waals surface area contributed by atoms with Crippen LogP contribution in [0, 0.1) is 23.7 Å². The molecule has 1 aromatic carbocycles. The highest BCUT2D eigenvalue weighted by molar-refractivity contribution is 6.76. The fraction of sp³-hybridized carbons (Fsp3) is 0.800. The zero-order valence-corrected chi connectivity index (χ0v) is 24.3. The van der Waals surface area contributed by atoms with Gasteiger partial charge < -0.3 is 14.5 Å². The van der Waals surface area contributed by atoms with Crippen molar-refractivity contribution in [2.45, 2.75) is 150 Å². The van der Waals surface area contributed by atoms with Crippen molar-refractivity contribution < 1.29 is 4.74 Å². The number of ether oxygens (including phenoxy) is 1. The Bertz CT molecular complexity index is 1170. The van der Waals surface area contributed by atoms with Gasteiger partial charge in [-0.05, 0) is 80.8 Å². The highest BCUT2D eigenvalue weighted by Gasteiger charge is 2.67. The minimum Gasteiger partial charge on any atom is -0.375 e. The van der Waals surface area contributed by atoms with E-state index in [4.69, 9.17) is 9.73 Å². The Hall–Kier alpha value is -1.49. The number of fused-ring (bicyclic) bond motifs is 11. The zero-order valence-electron chi connectivity index (χ0n) is 24.3. The Labute approximate surface area is 241 Å². The molecule has 10 rings (SSSR count). The monoisotopic (exact) mass is 537 g/mol. The van der Waals surface area contributed by atoms with Crippen molar-refractivity contribution in [1.82, 2.24) is 9.80 Å². The molecule has 4 aliphatic heterocycles. The highest BCUT2D eigenvalue weighted by Crippen LogP contribution is 2.63. The molecular weight excluding hydrogens is 489 g/mol. The smallest absolute Gasteiger partial charge is 0.198 e. The van der Waals surface area contributed by atoms with Gasteiger partial charge in [-0.3, -0.25) is 0 Å². The summed E-state index contributed by atoms with van der Waals surface area (Å²) in [7, 11) is 0. The molecule has 3 saturated heterocycles. The van der Waals surface area contributed by atoms with Crippen LogP contribution in [0.5, 0.6) is 0 Å². The Balaban J connectivity index is 1.13. The molecule has 1 aromatic rings. The van der Waals surface area contributed by atoms with Crippen LogP contribution in [0.4, 0.5) is 0 Å². The first-order chi connectivity index (χ1) is 19.9. The lowest BCUT2D eigenvalue weighted by Crippen LogP contribution is -2.77. The van der Waals surface area contributed by atoms with Crippen LogP contribution >= 0.6 is 0 Å². The predicted octanol–water partition coefficient (Wildman–Crippen LogP) is 6.12. The summed E-state index contributed by atoms with van der Waals surface area (Å²) in [6, 6.07) is 15.2. The van der Waals surface area contributed by atoms with Gasteiger partial charge >= 0.3 is 0 Å². The minimum absolute atomic E-state index is 0.456. The van der Waals surface area contributed by atoms with E-state index in [2.05, 4.69) is 40.1 Å². The van der Waals surface area contributed by atoms with Gasteiger partial charge in [0.25, 0.3) is 0 Å². The van der Waals surface area contributed by atoms with Crippen LogP contribution in [0.25, 0.3) is 0 Å². The van der Waals surface area contributed by atoms with Crippen molar-refractivity contribution >= 4 is 18.1 Å². The Morgan fingerprint density at radius 3 is 2.50 bits per heavy atom. The molecule has 0 aromatic heterocycles. The second-order valence-electron chi connectivity index (χ2n) is 15.6. The van der Waals surface area contributed by atoms with Gasteiger partial charge in [0.1, 0.15) is 0 Å². The lowest BCUT2D eigenvalue weighted by atomic mass is 9.22. The number of benzene rings is 1. The van der Waals surface area contributed by atoms with Gasteiger partial charge in [0.2, 0.25) is 0 Å². The number of hydrogen-bond donors (Lipinski definition) is 0. The van der Waals surface area contributed by atoms with Gasteiger partial charge in [0.05, 0.1) is 24.3 Å². The summed E-state index contributed by atoms with van der Waals surface area (Å²) < 4.78 is 7.31. The molecule has 4 heterocycles. The normalized spacial score (nSPS) is 50.1. The summed E-state index contributed by atoms with van der Waals surface area (Å²) in [5.74, 6) is 6.27. The molecule has 5 saturated carbocycles. The molecule has 0 bridgehead atoms. The van der Waals surface area contributed by atoms with Gasteiger partial charge in [-0.15, -0.1) is 0 Å². The summed E-state index contributed by atoms with van der Waals surface area (Å²) in [6.07, 6.45) is 22.0. The summed E-state index contributed by atoms with van der Waals surface area (Å²) in [5, 5.41) is 0. The number of guanidine groups is 1. The van der Waals surface area contributed by atoms with Crippen LogP contribution in [0.3, 0.4) is 0 Å². The van der Waals surface area contributed by atoms with Crippen molar-refractivity contribution in [2.24, 2.45) is 28.7 Å². The molecule has 9 aliphatic rings. The largest absolute Gasteiger partial charge is 0.375 e. The fourth-order valence-electron chi connectivity index (χ4n) is 13.2. The maximum Gasteiger partial charge on any atom is 0.198 e. The lowest BCUT2D eigenvalue weighted by Gasteiger charge is -2.68. The molecule has 212 valence electrons. The molecule has 0 radical (unpaired) electrons. The third kappa shape index (κ3) is 3.17. The number of hydrogen-bond acceptors (Lipinski definition) is 4. The molecule has 13 unspecified atom stereocenters. The number of rotatable bonds is 1. The maximum absolute atomic E-state index is 7.31. The molecule has 4 nitrogen and oxygen atoms in total. The van der Waals surface area contributed by atoms with Crippen molar-refractivity contribution in [1.29, 1.82) is 0 Å². The van der Waals surface area contributed by atoms with Gasteiger partial charge in [-0.25, -0.2) is 4.99 Å². The topological polar surface area (TPSA) is 28.1 Å². The highest BCUT2D eigenvalue weighted by atomic mass is 16.5. The molecule has 5 aliphatic carbocycles. The molecule has 0 amide bonds. The number of nitrogens with zero attached hydrogens (tertiary/aromatic N) is 3. The van der Waals surface area contributed by atoms with Gasteiger partial charge in [0.15, 0.2) is 12.7 Å². The summed E-state index contributed by atoms with van der Waals surface area (Å²) in [5.41, 5.74) is 1.64. The molecular formula is C35H48BN3O. The van der Waals surface area contributed by atoms with Crippen molar-refractivity contribution in [3.63, 3.8) is 0 Å². The molecule has 0 spiro atoms. The predicted molar refractivity (Wildman–Crippen MR) is 161 cm³/mol. The summed E-state index contributed by atoms with van der Waals surface area (Å²) in [6.45, 7) is 0.653. The third-order valence-corrected chi connectivity index (χ3v) is 14.3. The zero-order chi connectivity index (χ0) is 25.9. The molecule has 8 fully saturated rings. The van der Waals surface area contributed by atoms with Crippen molar-refractivity contribution in [3.8, 4) is 0 Å². The second-order valence-corrected chi connectivity index (χ2v) is 15.6. The first-order valence-corrected chi connectivity index (χ1v) is 17.7. The summed E-state index contributed by atoms with van der Waals surface area (Å²) in [4.78, 5) is 11.9. The number of aliphatic imine (C=N–C) groups is 1. The Morgan fingerprint density at radius 1 is 0.700 bits per heavy atom. The second kappa shape index (κ2) is 9.01. The van der Waals surface area contributed by atoms with E-state index in [1.807, 2.05) is 0 Å². The van der Waals surface area contributed by atoms with E-state index in [9.17, 15) is 0 Å². The van der Waals surface area contributed by atoms with Crippen LogP contribution in [-0.4, -0.2) is 64.9 Å². The minimum atomic E-state index is 0.456. The van der Waals surface area contributed by atoms with Gasteiger partial charge in [0, 0.05) is 24.0 Å². The Morgan fingerprint density at radius 2 is 1.55 bits per heavy atom. The quantitative estimate of drug-likeness (QED) is 0.404. The van der Waals surface area contributed by atoms with E-state index in [-0.39, 0.29) is 0 Å². The maximum atomic E-state index is 7.31. The third-order valence-electron chi connectivity index (χ3n) is 14.3. The molecule has 40 heavy (non-hydrogen) atoms. The van der Waals surface area contributed by atoms with E-state index < -0.39 is 0 Å². The van der Waals surface area contributed by atoms with Crippen molar-refractivity contribution in [2.75, 3.05) is 0 Å². The Kier molecular flexibility index (Phi) is 5.41.